The van der Waals surface area contributed by atoms with Gasteiger partial charge in [-0.25, -0.2) is 0 Å². The molecule has 0 spiro atoms. The first-order valence-electron chi connectivity index (χ1n) is 10.6. The van der Waals surface area contributed by atoms with E-state index in [-0.39, 0.29) is 5.92 Å². The Morgan fingerprint density at radius 2 is 1.68 bits per heavy atom. The van der Waals surface area contributed by atoms with E-state index in [1.807, 2.05) is 30.3 Å². The van der Waals surface area contributed by atoms with Crippen LogP contribution >= 0.6 is 0 Å². The van der Waals surface area contributed by atoms with E-state index >= 15 is 0 Å². The summed E-state index contributed by atoms with van der Waals surface area (Å²) in [5, 5.41) is 11.2. The summed E-state index contributed by atoms with van der Waals surface area (Å²) in [4.78, 5) is 1.50. The Morgan fingerprint density at radius 1 is 0.964 bits per heavy atom. The standard InChI is InChI=1S/C24H33NO3/c1-2-3-7-16-28-22-12-10-21(11-13-22)24(26)23(20-8-5-4-6-9-20)19-25-14-17-27-18-15-25/h4-6,8-13,23-24,26H,2-3,7,14-19H2,1H3/p+1/t23-,24+/m1/s1. The van der Waals surface area contributed by atoms with Crippen LogP contribution in [0.3, 0.4) is 0 Å². The predicted molar refractivity (Wildman–Crippen MR) is 112 cm³/mol. The molecule has 3 rings (SSSR count). The fourth-order valence-corrected chi connectivity index (χ4v) is 3.82. The Morgan fingerprint density at radius 3 is 2.36 bits per heavy atom. The third kappa shape index (κ3) is 6.06. The van der Waals surface area contributed by atoms with Gasteiger partial charge in [-0.15, -0.1) is 0 Å². The van der Waals surface area contributed by atoms with Crippen molar-refractivity contribution in [3.05, 3.63) is 65.7 Å². The molecule has 2 atom stereocenters. The van der Waals surface area contributed by atoms with E-state index in [4.69, 9.17) is 9.47 Å². The summed E-state index contributed by atoms with van der Waals surface area (Å²) >= 11 is 0. The Bertz CT molecular complexity index is 668. The van der Waals surface area contributed by atoms with Crippen LogP contribution in [0.5, 0.6) is 5.75 Å². The Labute approximate surface area is 169 Å². The number of quaternary nitrogens is 1. The van der Waals surface area contributed by atoms with Crippen molar-refractivity contribution in [3.63, 3.8) is 0 Å². The number of unbranched alkanes of at least 4 members (excludes halogenated alkanes) is 2. The summed E-state index contributed by atoms with van der Waals surface area (Å²) in [5.74, 6) is 0.938. The summed E-state index contributed by atoms with van der Waals surface area (Å²) in [5.41, 5.74) is 2.14. The van der Waals surface area contributed by atoms with Gasteiger partial charge in [-0.05, 0) is 29.7 Å². The normalized spacial score (nSPS) is 17.2. The Hall–Kier alpha value is -1.88. The highest BCUT2D eigenvalue weighted by Gasteiger charge is 2.28. The van der Waals surface area contributed by atoms with Crippen LogP contribution in [-0.2, 0) is 4.74 Å². The molecule has 0 unspecified atom stereocenters. The molecule has 2 aromatic rings. The molecule has 4 heteroatoms. The van der Waals surface area contributed by atoms with Crippen molar-refractivity contribution in [2.75, 3.05) is 39.5 Å². The van der Waals surface area contributed by atoms with Crippen molar-refractivity contribution in [1.29, 1.82) is 0 Å². The topological polar surface area (TPSA) is 43.1 Å². The molecule has 0 radical (unpaired) electrons. The van der Waals surface area contributed by atoms with Gasteiger partial charge in [0.05, 0.1) is 38.4 Å². The van der Waals surface area contributed by atoms with Gasteiger partial charge in [-0.2, -0.15) is 0 Å². The van der Waals surface area contributed by atoms with E-state index in [1.54, 1.807) is 0 Å². The highest BCUT2D eigenvalue weighted by atomic mass is 16.5. The van der Waals surface area contributed by atoms with Crippen LogP contribution in [0.25, 0.3) is 0 Å². The number of rotatable bonds is 10. The van der Waals surface area contributed by atoms with Gasteiger partial charge in [0.1, 0.15) is 18.8 Å². The molecule has 0 aromatic heterocycles. The van der Waals surface area contributed by atoms with Crippen LogP contribution in [-0.4, -0.2) is 44.6 Å². The molecule has 1 aliphatic heterocycles. The zero-order valence-electron chi connectivity index (χ0n) is 17.0. The minimum absolute atomic E-state index is 0.0608. The van der Waals surface area contributed by atoms with Crippen LogP contribution in [0, 0.1) is 0 Å². The minimum Gasteiger partial charge on any atom is -0.494 e. The van der Waals surface area contributed by atoms with Crippen LogP contribution < -0.4 is 9.64 Å². The van der Waals surface area contributed by atoms with E-state index in [0.29, 0.717) is 0 Å². The smallest absolute Gasteiger partial charge is 0.119 e. The van der Waals surface area contributed by atoms with E-state index in [9.17, 15) is 5.11 Å². The van der Waals surface area contributed by atoms with Crippen molar-refractivity contribution in [1.82, 2.24) is 0 Å². The van der Waals surface area contributed by atoms with Crippen LogP contribution in [0.2, 0.25) is 0 Å². The average Bonchev–Trinajstić information content (AvgIpc) is 2.76. The third-order valence-electron chi connectivity index (χ3n) is 5.56. The summed E-state index contributed by atoms with van der Waals surface area (Å²) in [6, 6.07) is 18.3. The molecule has 1 saturated heterocycles. The number of aliphatic hydroxyl groups is 1. The van der Waals surface area contributed by atoms with Crippen molar-refractivity contribution >= 4 is 0 Å². The molecule has 152 valence electrons. The SMILES string of the molecule is CCCCCOc1ccc([C@H](O)[C@H](C[NH+]2CCOCC2)c2ccccc2)cc1. The molecule has 1 fully saturated rings. The molecule has 0 bridgehead atoms. The molecule has 2 N–H and O–H groups in total. The van der Waals surface area contributed by atoms with Crippen molar-refractivity contribution < 1.29 is 19.5 Å². The summed E-state index contributed by atoms with van der Waals surface area (Å²) < 4.78 is 11.3. The molecule has 1 aliphatic rings. The van der Waals surface area contributed by atoms with E-state index in [2.05, 4.69) is 31.2 Å². The molecule has 2 aromatic carbocycles. The molecular weight excluding hydrogens is 350 g/mol. The lowest BCUT2D eigenvalue weighted by molar-refractivity contribution is -0.909. The number of hydrogen-bond acceptors (Lipinski definition) is 3. The minimum atomic E-state index is -0.535. The molecule has 0 amide bonds. The van der Waals surface area contributed by atoms with Crippen molar-refractivity contribution in [2.45, 2.75) is 38.2 Å². The maximum absolute atomic E-state index is 11.2. The zero-order chi connectivity index (χ0) is 19.6. The molecule has 0 aliphatic carbocycles. The summed E-state index contributed by atoms with van der Waals surface area (Å²) in [6.45, 7) is 7.46. The largest absolute Gasteiger partial charge is 0.494 e. The number of hydrogen-bond donors (Lipinski definition) is 2. The lowest BCUT2D eigenvalue weighted by Crippen LogP contribution is -3.14. The first-order chi connectivity index (χ1) is 13.8. The van der Waals surface area contributed by atoms with Crippen LogP contribution in [0.1, 0.15) is 49.3 Å². The van der Waals surface area contributed by atoms with E-state index in [0.717, 1.165) is 57.2 Å². The van der Waals surface area contributed by atoms with Crippen LogP contribution in [0.15, 0.2) is 54.6 Å². The molecular formula is C24H34NO3+. The van der Waals surface area contributed by atoms with Crippen molar-refractivity contribution in [3.8, 4) is 5.75 Å². The van der Waals surface area contributed by atoms with Gasteiger partial charge < -0.3 is 19.5 Å². The van der Waals surface area contributed by atoms with Gasteiger partial charge in [0, 0.05) is 0 Å². The van der Waals surface area contributed by atoms with Crippen LogP contribution in [0.4, 0.5) is 0 Å². The monoisotopic (exact) mass is 384 g/mol. The van der Waals surface area contributed by atoms with Gasteiger partial charge in [0.15, 0.2) is 0 Å². The first kappa shape index (κ1) is 20.8. The maximum atomic E-state index is 11.2. The third-order valence-corrected chi connectivity index (χ3v) is 5.56. The number of ether oxygens (including phenoxy) is 2. The molecule has 28 heavy (non-hydrogen) atoms. The number of morpholine rings is 1. The lowest BCUT2D eigenvalue weighted by atomic mass is 9.88. The van der Waals surface area contributed by atoms with E-state index in [1.165, 1.54) is 23.3 Å². The highest BCUT2D eigenvalue weighted by molar-refractivity contribution is 5.31. The van der Waals surface area contributed by atoms with E-state index < -0.39 is 6.10 Å². The summed E-state index contributed by atoms with van der Waals surface area (Å²) in [7, 11) is 0. The maximum Gasteiger partial charge on any atom is 0.119 e. The van der Waals surface area contributed by atoms with Gasteiger partial charge >= 0.3 is 0 Å². The molecule has 0 saturated carbocycles. The number of benzene rings is 2. The number of aliphatic hydroxyl groups excluding tert-OH is 1. The Kier molecular flexibility index (Phi) is 8.34. The van der Waals surface area contributed by atoms with Gasteiger partial charge in [-0.1, -0.05) is 62.2 Å². The predicted octanol–water partition coefficient (Wildman–Crippen LogP) is 2.99. The fourth-order valence-electron chi connectivity index (χ4n) is 3.82. The molecule has 4 nitrogen and oxygen atoms in total. The second kappa shape index (κ2) is 11.2. The summed E-state index contributed by atoms with van der Waals surface area (Å²) in [6.07, 6.45) is 2.94. The van der Waals surface area contributed by atoms with Crippen molar-refractivity contribution in [2.24, 2.45) is 0 Å². The zero-order valence-corrected chi connectivity index (χ0v) is 17.0. The lowest BCUT2D eigenvalue weighted by Gasteiger charge is -2.30. The fraction of sp³-hybridized carbons (Fsp3) is 0.500. The van der Waals surface area contributed by atoms with Gasteiger partial charge in [-0.3, -0.25) is 0 Å². The highest BCUT2D eigenvalue weighted by Crippen LogP contribution is 2.31. The quantitative estimate of drug-likeness (QED) is 0.619. The average molecular weight is 385 g/mol. The van der Waals surface area contributed by atoms with Gasteiger partial charge in [0.25, 0.3) is 0 Å². The molecule has 1 heterocycles. The number of nitrogens with one attached hydrogen (secondary N) is 1. The first-order valence-corrected chi connectivity index (χ1v) is 10.6. The van der Waals surface area contributed by atoms with Gasteiger partial charge in [0.2, 0.25) is 0 Å². The second-order valence-corrected chi connectivity index (χ2v) is 7.65. The second-order valence-electron chi connectivity index (χ2n) is 7.65. The Balaban J connectivity index is 1.68.